The monoisotopic (exact) mass is 243 g/mol. The van der Waals surface area contributed by atoms with E-state index < -0.39 is 12.2 Å². The molecule has 2 atom stereocenters. The predicted octanol–water partition coefficient (Wildman–Crippen LogP) is 2.11. The van der Waals surface area contributed by atoms with Crippen LogP contribution in [-0.4, -0.2) is 27.4 Å². The van der Waals surface area contributed by atoms with Gasteiger partial charge in [0.05, 0.1) is 22.9 Å². The average Bonchev–Trinajstić information content (AvgIpc) is 2.64. The van der Waals surface area contributed by atoms with Gasteiger partial charge in [-0.15, -0.1) is 11.3 Å². The first kappa shape index (κ1) is 13.6. The fourth-order valence-corrected chi connectivity index (χ4v) is 2.41. The maximum atomic E-state index is 9.70. The van der Waals surface area contributed by atoms with E-state index in [9.17, 15) is 10.2 Å². The van der Waals surface area contributed by atoms with E-state index in [1.807, 2.05) is 12.3 Å². The molecule has 4 heteroatoms. The Bertz CT molecular complexity index is 330. The van der Waals surface area contributed by atoms with Crippen molar-refractivity contribution in [1.29, 1.82) is 0 Å². The molecule has 1 aromatic heterocycles. The van der Waals surface area contributed by atoms with Gasteiger partial charge in [0, 0.05) is 17.2 Å². The highest BCUT2D eigenvalue weighted by atomic mass is 32.1. The molecule has 0 aliphatic carbocycles. The zero-order chi connectivity index (χ0) is 12.3. The first-order valence-electron chi connectivity index (χ1n) is 5.65. The molecular weight excluding hydrogens is 222 g/mol. The van der Waals surface area contributed by atoms with E-state index in [1.165, 1.54) is 0 Å². The van der Waals surface area contributed by atoms with Crippen molar-refractivity contribution >= 4 is 11.3 Å². The molecule has 0 bridgehead atoms. The molecule has 0 saturated carbocycles. The Morgan fingerprint density at radius 2 is 1.94 bits per heavy atom. The highest BCUT2D eigenvalue weighted by Gasteiger charge is 2.20. The first-order chi connectivity index (χ1) is 7.34. The van der Waals surface area contributed by atoms with Crippen molar-refractivity contribution in [2.45, 2.75) is 58.2 Å². The molecule has 0 spiro atoms. The van der Waals surface area contributed by atoms with Gasteiger partial charge in [-0.05, 0) is 6.42 Å². The van der Waals surface area contributed by atoms with Gasteiger partial charge in [-0.3, -0.25) is 0 Å². The molecule has 0 aromatic carbocycles. The van der Waals surface area contributed by atoms with Crippen LogP contribution in [0.1, 0.15) is 44.8 Å². The van der Waals surface area contributed by atoms with E-state index in [-0.39, 0.29) is 5.41 Å². The van der Waals surface area contributed by atoms with Crippen LogP contribution in [0.2, 0.25) is 0 Å². The van der Waals surface area contributed by atoms with Crippen molar-refractivity contribution in [3.63, 3.8) is 0 Å². The lowest BCUT2D eigenvalue weighted by atomic mass is 9.93. The smallest absolute Gasteiger partial charge is 0.0955 e. The summed E-state index contributed by atoms with van der Waals surface area (Å²) in [5, 5.41) is 22.1. The number of nitrogens with zero attached hydrogens (tertiary/aromatic N) is 1. The van der Waals surface area contributed by atoms with Crippen molar-refractivity contribution in [1.82, 2.24) is 4.98 Å². The fraction of sp³-hybridized carbons (Fsp3) is 0.750. The second-order valence-electron chi connectivity index (χ2n) is 5.12. The van der Waals surface area contributed by atoms with E-state index in [1.54, 1.807) is 11.3 Å². The van der Waals surface area contributed by atoms with Crippen LogP contribution in [0.3, 0.4) is 0 Å². The van der Waals surface area contributed by atoms with E-state index in [0.717, 1.165) is 10.7 Å². The van der Waals surface area contributed by atoms with Gasteiger partial charge >= 0.3 is 0 Å². The lowest BCUT2D eigenvalue weighted by Crippen LogP contribution is -2.27. The van der Waals surface area contributed by atoms with Gasteiger partial charge in [-0.1, -0.05) is 27.7 Å². The normalized spacial score (nSPS) is 16.1. The Morgan fingerprint density at radius 3 is 2.38 bits per heavy atom. The summed E-state index contributed by atoms with van der Waals surface area (Å²) in [6.45, 7) is 8.20. The molecule has 3 nitrogen and oxygen atoms in total. The van der Waals surface area contributed by atoms with Gasteiger partial charge in [-0.25, -0.2) is 4.98 Å². The predicted molar refractivity (Wildman–Crippen MR) is 66.8 cm³/mol. The molecule has 1 heterocycles. The van der Waals surface area contributed by atoms with Crippen LogP contribution in [0.25, 0.3) is 0 Å². The number of thiazole rings is 1. The highest BCUT2D eigenvalue weighted by Crippen LogP contribution is 2.24. The van der Waals surface area contributed by atoms with Crippen molar-refractivity contribution in [3.05, 3.63) is 16.1 Å². The second-order valence-corrected chi connectivity index (χ2v) is 6.07. The summed E-state index contributed by atoms with van der Waals surface area (Å²) in [6.07, 6.45) is -0.347. The van der Waals surface area contributed by atoms with Crippen molar-refractivity contribution in [3.8, 4) is 0 Å². The number of hydrogen-bond acceptors (Lipinski definition) is 4. The zero-order valence-corrected chi connectivity index (χ0v) is 11.2. The largest absolute Gasteiger partial charge is 0.390 e. The molecule has 16 heavy (non-hydrogen) atoms. The van der Waals surface area contributed by atoms with Crippen LogP contribution >= 0.6 is 11.3 Å². The number of aromatic nitrogens is 1. The number of rotatable bonds is 4. The minimum absolute atomic E-state index is 0.0447. The summed E-state index contributed by atoms with van der Waals surface area (Å²) < 4.78 is 0. The maximum Gasteiger partial charge on any atom is 0.0955 e. The average molecular weight is 243 g/mol. The van der Waals surface area contributed by atoms with Crippen LogP contribution in [0, 0.1) is 0 Å². The van der Waals surface area contributed by atoms with Crippen LogP contribution in [0.4, 0.5) is 0 Å². The first-order valence-corrected chi connectivity index (χ1v) is 6.53. The van der Waals surface area contributed by atoms with E-state index in [4.69, 9.17) is 0 Å². The van der Waals surface area contributed by atoms with Gasteiger partial charge in [-0.2, -0.15) is 0 Å². The van der Waals surface area contributed by atoms with Crippen LogP contribution in [-0.2, 0) is 11.8 Å². The quantitative estimate of drug-likeness (QED) is 0.851. The van der Waals surface area contributed by atoms with E-state index in [2.05, 4.69) is 25.8 Å². The molecule has 0 fully saturated rings. The molecule has 0 aliphatic rings. The Hall–Kier alpha value is -0.450. The van der Waals surface area contributed by atoms with Crippen LogP contribution in [0.5, 0.6) is 0 Å². The molecule has 0 amide bonds. The zero-order valence-electron chi connectivity index (χ0n) is 10.4. The van der Waals surface area contributed by atoms with E-state index in [0.29, 0.717) is 12.8 Å². The van der Waals surface area contributed by atoms with Gasteiger partial charge in [0.25, 0.3) is 0 Å². The summed E-state index contributed by atoms with van der Waals surface area (Å²) in [7, 11) is 0. The summed E-state index contributed by atoms with van der Waals surface area (Å²) in [4.78, 5) is 4.49. The highest BCUT2D eigenvalue weighted by molar-refractivity contribution is 7.09. The van der Waals surface area contributed by atoms with Gasteiger partial charge in [0.1, 0.15) is 0 Å². The molecule has 92 valence electrons. The summed E-state index contributed by atoms with van der Waals surface area (Å²) >= 11 is 1.55. The molecular formula is C12H21NO2S. The number of aliphatic hydroxyl groups is 2. The van der Waals surface area contributed by atoms with Crippen LogP contribution in [0.15, 0.2) is 5.38 Å². The Balaban J connectivity index is 2.66. The fourth-order valence-electron chi connectivity index (χ4n) is 1.34. The summed E-state index contributed by atoms with van der Waals surface area (Å²) in [6, 6.07) is 0. The van der Waals surface area contributed by atoms with Crippen LogP contribution < -0.4 is 0 Å². The third-order valence-corrected chi connectivity index (χ3v) is 3.44. The van der Waals surface area contributed by atoms with E-state index >= 15 is 0 Å². The molecule has 0 aliphatic heterocycles. The Kier molecular flexibility index (Phi) is 4.47. The standard InChI is InChI=1S/C12H21NO2S/c1-5-8(14)9(15)6-11-13-10(7-16-11)12(2,3)4/h7-9,14-15H,5-6H2,1-4H3. The Labute approximate surface area is 101 Å². The van der Waals surface area contributed by atoms with Gasteiger partial charge in [0.2, 0.25) is 0 Å². The topological polar surface area (TPSA) is 53.4 Å². The minimum atomic E-state index is -0.705. The number of hydrogen-bond donors (Lipinski definition) is 2. The van der Waals surface area contributed by atoms with Gasteiger partial charge in [0.15, 0.2) is 0 Å². The third-order valence-electron chi connectivity index (χ3n) is 2.57. The SMILES string of the molecule is CCC(O)C(O)Cc1nc(C(C)(C)C)cs1. The maximum absolute atomic E-state index is 9.70. The van der Waals surface area contributed by atoms with Gasteiger partial charge < -0.3 is 10.2 Å². The Morgan fingerprint density at radius 1 is 1.31 bits per heavy atom. The lowest BCUT2D eigenvalue weighted by Gasteiger charge is -2.15. The minimum Gasteiger partial charge on any atom is -0.390 e. The van der Waals surface area contributed by atoms with Crippen molar-refractivity contribution < 1.29 is 10.2 Å². The summed E-state index contributed by atoms with van der Waals surface area (Å²) in [5.74, 6) is 0. The molecule has 0 radical (unpaired) electrons. The molecule has 1 aromatic rings. The van der Waals surface area contributed by atoms with Crippen molar-refractivity contribution in [2.24, 2.45) is 0 Å². The molecule has 1 rings (SSSR count). The lowest BCUT2D eigenvalue weighted by molar-refractivity contribution is 0.0181. The number of aliphatic hydroxyl groups excluding tert-OH is 2. The molecule has 2 unspecified atom stereocenters. The van der Waals surface area contributed by atoms with Crippen molar-refractivity contribution in [2.75, 3.05) is 0 Å². The summed E-state index contributed by atoms with van der Waals surface area (Å²) in [5.41, 5.74) is 1.09. The third kappa shape index (κ3) is 3.54. The molecule has 2 N–H and O–H groups in total. The second kappa shape index (κ2) is 5.25. The molecule has 0 saturated heterocycles.